The van der Waals surface area contributed by atoms with Crippen molar-refractivity contribution < 1.29 is 37.9 Å². The minimum Gasteiger partial charge on any atom is -0.493 e. The van der Waals surface area contributed by atoms with Gasteiger partial charge in [-0.3, -0.25) is 4.90 Å². The predicted molar refractivity (Wildman–Crippen MR) is 95.7 cm³/mol. The second kappa shape index (κ2) is 6.57. The van der Waals surface area contributed by atoms with E-state index in [1.54, 1.807) is 0 Å². The number of hydrogen-bond acceptors (Lipinski definition) is 4. The van der Waals surface area contributed by atoms with E-state index in [-0.39, 0.29) is 24.1 Å². The van der Waals surface area contributed by atoms with Crippen LogP contribution in [0, 0.1) is 11.3 Å². The maximum atomic E-state index is 11.4. The molecule has 24 heavy (non-hydrogen) atoms. The van der Waals surface area contributed by atoms with Crippen LogP contribution in [0.4, 0.5) is 0 Å². The zero-order valence-electron chi connectivity index (χ0n) is 30.4. The molecule has 1 aromatic rings. The van der Waals surface area contributed by atoms with Crippen LogP contribution in [0.1, 0.15) is 73.8 Å². The van der Waals surface area contributed by atoms with Gasteiger partial charge in [0.1, 0.15) is 0 Å². The van der Waals surface area contributed by atoms with Crippen molar-refractivity contribution in [2.75, 3.05) is 27.2 Å². The molecular formula is C20H31NO3. The molecule has 0 aliphatic carbocycles. The van der Waals surface area contributed by atoms with Gasteiger partial charge in [-0.1, -0.05) is 20.6 Å². The highest BCUT2D eigenvalue weighted by Crippen LogP contribution is 2.44. The molecule has 0 bridgehead atoms. The molecule has 0 saturated carbocycles. The highest BCUT2D eigenvalue weighted by atomic mass is 16.5. The molecule has 1 fully saturated rings. The molecule has 4 nitrogen and oxygen atoms in total. The molecular weight excluding hydrogens is 302 g/mol. The minimum absolute atomic E-state index is 0.000907. The molecule has 2 aliphatic heterocycles. The summed E-state index contributed by atoms with van der Waals surface area (Å²) < 4.78 is 150. The van der Waals surface area contributed by atoms with Gasteiger partial charge in [-0.2, -0.15) is 0 Å². The van der Waals surface area contributed by atoms with Gasteiger partial charge in [-0.05, 0) is 53.7 Å². The van der Waals surface area contributed by atoms with Crippen molar-refractivity contribution in [3.63, 3.8) is 0 Å². The van der Waals surface area contributed by atoms with Crippen molar-refractivity contribution in [3.8, 4) is 11.5 Å². The summed E-state index contributed by atoms with van der Waals surface area (Å²) in [5, 5.41) is 11.4. The lowest BCUT2D eigenvalue weighted by molar-refractivity contribution is -0.0259. The number of methoxy groups -OCH3 is 2. The SMILES string of the molecule is [2H]c1c2c(c([2H])c(OC([2H])([2H])[2H])c1OC)C1N(CC2)CC([2H])(C([2H])([2H])C(C)(C([2H])([2H])[2H])C([2H])([2H])[2H])C([2H])(O)C1([2H])[2H]. The first-order chi connectivity index (χ1) is 18.1. The summed E-state index contributed by atoms with van der Waals surface area (Å²) in [5.74, 6) is -4.60. The molecule has 2 heterocycles. The molecule has 1 N–H and O–H groups in total. The van der Waals surface area contributed by atoms with Crippen molar-refractivity contribution in [2.45, 2.75) is 51.9 Å². The van der Waals surface area contributed by atoms with Crippen molar-refractivity contribution in [3.05, 3.63) is 23.2 Å². The molecule has 2 aliphatic rings. The topological polar surface area (TPSA) is 41.9 Å². The Kier molecular flexibility index (Phi) is 1.69. The monoisotopic (exact) mass is 350 g/mol. The molecule has 3 atom stereocenters. The first-order valence-corrected chi connectivity index (χ1v) is 7.42. The van der Waals surface area contributed by atoms with Gasteiger partial charge in [0.25, 0.3) is 0 Å². The summed E-state index contributed by atoms with van der Waals surface area (Å²) in [5.41, 5.74) is -3.72. The summed E-state index contributed by atoms with van der Waals surface area (Å²) in [7, 11) is -2.02. The largest absolute Gasteiger partial charge is 0.493 e. The van der Waals surface area contributed by atoms with Gasteiger partial charge in [0, 0.05) is 34.2 Å². The maximum Gasteiger partial charge on any atom is 0.161 e. The van der Waals surface area contributed by atoms with Gasteiger partial charge in [0.15, 0.2) is 11.5 Å². The maximum absolute atomic E-state index is 11.4. The Labute approximate surface area is 169 Å². The number of nitrogens with zero attached hydrogens (tertiary/aromatic N) is 1. The fourth-order valence-electron chi connectivity index (χ4n) is 2.96. The van der Waals surface area contributed by atoms with Crippen LogP contribution in [0.5, 0.6) is 11.5 Å². The van der Waals surface area contributed by atoms with Gasteiger partial charge in [0.05, 0.1) is 28.5 Å². The molecule has 3 rings (SSSR count). The van der Waals surface area contributed by atoms with E-state index in [1.165, 1.54) is 0 Å². The van der Waals surface area contributed by atoms with E-state index in [2.05, 4.69) is 0 Å². The van der Waals surface area contributed by atoms with Gasteiger partial charge in [-0.25, -0.2) is 0 Å². The lowest BCUT2D eigenvalue weighted by Crippen LogP contribution is -2.48. The average Bonchev–Trinajstić information content (AvgIpc) is 2.78. The van der Waals surface area contributed by atoms with Crippen LogP contribution in [-0.2, 0) is 6.42 Å². The standard InChI is InChI=1S/C20H31NO3/c1-20(2,3)11-14-12-21-7-6-13-8-18(23-4)19(24-5)9-15(13)16(21)10-17(14)22/h8-9,14,16-17,22H,6-7,10-12H2,1-5H3/i1D3,2D3,5D3,8D,9D,10D2,11D2,14D,17D. The van der Waals surface area contributed by atoms with E-state index in [4.69, 9.17) is 32.8 Å². The summed E-state index contributed by atoms with van der Waals surface area (Å²) in [6.45, 7) is -7.95. The first-order valence-electron chi connectivity index (χ1n) is 15.9. The third kappa shape index (κ3) is 3.40. The molecule has 1 saturated heterocycles. The van der Waals surface area contributed by atoms with Crippen LogP contribution >= 0.6 is 0 Å². The van der Waals surface area contributed by atoms with Crippen LogP contribution in [0.25, 0.3) is 0 Å². The summed E-state index contributed by atoms with van der Waals surface area (Å²) >= 11 is 0. The number of aliphatic hydroxyl groups is 1. The Balaban J connectivity index is 2.34. The number of hydrogen-bond donors (Lipinski definition) is 1. The number of benzene rings is 1. The molecule has 134 valence electrons. The predicted octanol–water partition coefficient (Wildman–Crippen LogP) is 3.42. The van der Waals surface area contributed by atoms with E-state index >= 15 is 0 Å². The number of ether oxygens (including phenoxy) is 2. The van der Waals surface area contributed by atoms with Crippen LogP contribution in [0.3, 0.4) is 0 Å². The second-order valence-corrected chi connectivity index (χ2v) is 5.95. The smallest absolute Gasteiger partial charge is 0.161 e. The fraction of sp³-hybridized carbons (Fsp3) is 0.700. The zero-order chi connectivity index (χ0) is 32.2. The summed E-state index contributed by atoms with van der Waals surface area (Å²) in [4.78, 5) is 1.07. The van der Waals surface area contributed by atoms with E-state index < -0.39 is 87.0 Å². The van der Waals surface area contributed by atoms with Crippen molar-refractivity contribution in [1.82, 2.24) is 4.90 Å². The molecule has 3 unspecified atom stereocenters. The van der Waals surface area contributed by atoms with E-state index in [1.807, 2.05) is 0 Å². The molecule has 1 aromatic carbocycles. The third-order valence-electron chi connectivity index (χ3n) is 3.96. The highest BCUT2D eigenvalue weighted by Gasteiger charge is 2.39. The number of piperidine rings is 1. The van der Waals surface area contributed by atoms with E-state index in [9.17, 15) is 5.11 Å². The summed E-state index contributed by atoms with van der Waals surface area (Å²) in [6, 6.07) is -3.04. The Bertz CT molecular complexity index is 1190. The van der Waals surface area contributed by atoms with Crippen LogP contribution in [0.15, 0.2) is 12.1 Å². The molecule has 0 radical (unpaired) electrons. The minimum atomic E-state index is -3.85. The van der Waals surface area contributed by atoms with Gasteiger partial charge >= 0.3 is 0 Å². The van der Waals surface area contributed by atoms with Gasteiger partial charge < -0.3 is 14.6 Å². The molecule has 4 heteroatoms. The Morgan fingerprint density at radius 3 is 3.00 bits per heavy atom. The van der Waals surface area contributed by atoms with E-state index in [0.29, 0.717) is 6.92 Å². The fourth-order valence-corrected chi connectivity index (χ4v) is 2.96. The summed E-state index contributed by atoms with van der Waals surface area (Å²) in [6.07, 6.45) is -11.2. The lowest BCUT2D eigenvalue weighted by atomic mass is 9.75. The molecule has 0 aromatic heterocycles. The van der Waals surface area contributed by atoms with Gasteiger partial charge in [-0.15, -0.1) is 0 Å². The third-order valence-corrected chi connectivity index (χ3v) is 3.96. The Morgan fingerprint density at radius 2 is 2.29 bits per heavy atom. The highest BCUT2D eigenvalue weighted by molar-refractivity contribution is 5.49. The first kappa shape index (κ1) is 6.17. The Hall–Kier alpha value is -1.26. The normalized spacial score (nSPS) is 48.1. The van der Waals surface area contributed by atoms with Gasteiger partial charge in [0.2, 0.25) is 0 Å². The zero-order valence-corrected chi connectivity index (χ0v) is 13.4. The van der Waals surface area contributed by atoms with Crippen molar-refractivity contribution in [2.24, 2.45) is 11.3 Å². The quantitative estimate of drug-likeness (QED) is 0.907. The molecule has 0 amide bonds. The lowest BCUT2D eigenvalue weighted by Gasteiger charge is -2.47. The number of rotatable bonds is 3. The van der Waals surface area contributed by atoms with Crippen molar-refractivity contribution in [1.29, 1.82) is 0 Å². The Morgan fingerprint density at radius 1 is 1.50 bits per heavy atom. The second-order valence-electron chi connectivity index (χ2n) is 5.95. The number of fused-ring (bicyclic) bond motifs is 3. The van der Waals surface area contributed by atoms with Crippen LogP contribution in [0.2, 0.25) is 0 Å². The average molecular weight is 351 g/mol. The van der Waals surface area contributed by atoms with Crippen LogP contribution < -0.4 is 9.47 Å². The van der Waals surface area contributed by atoms with E-state index in [0.717, 1.165) is 12.0 Å². The molecule has 0 spiro atoms. The van der Waals surface area contributed by atoms with Crippen molar-refractivity contribution >= 4 is 0 Å². The van der Waals surface area contributed by atoms with Crippen LogP contribution in [-0.4, -0.2) is 43.3 Å².